The maximum absolute atomic E-state index is 13.0. The molecule has 2 N–H and O–H groups in total. The van der Waals surface area contributed by atoms with Gasteiger partial charge in [0.15, 0.2) is 0 Å². The molecule has 1 aliphatic heterocycles. The summed E-state index contributed by atoms with van der Waals surface area (Å²) in [5, 5.41) is 11.5. The molecule has 4 amide bonds. The number of carboxylic acids is 1. The highest BCUT2D eigenvalue weighted by atomic mass is 16.4. The van der Waals surface area contributed by atoms with Crippen molar-refractivity contribution in [3.05, 3.63) is 82.6 Å². The second-order valence-corrected chi connectivity index (χ2v) is 7.28. The molecule has 8 heteroatoms. The van der Waals surface area contributed by atoms with Crippen LogP contribution in [0.5, 0.6) is 0 Å². The Bertz CT molecular complexity index is 1320. The number of rotatable bonds is 4. The van der Waals surface area contributed by atoms with Crippen LogP contribution in [0.25, 0.3) is 17.4 Å². The average Bonchev–Trinajstić information content (AvgIpc) is 3.22. The number of carboxylic acid groups (broad SMARTS) is 1. The number of hydrogen-bond donors (Lipinski definition) is 2. The second kappa shape index (κ2) is 7.99. The number of anilines is 1. The molecule has 0 radical (unpaired) electrons. The number of nitrogens with one attached hydrogen (secondary N) is 1. The lowest BCUT2D eigenvalue weighted by atomic mass is 10.1. The van der Waals surface area contributed by atoms with E-state index in [0.717, 1.165) is 16.0 Å². The van der Waals surface area contributed by atoms with E-state index in [1.807, 2.05) is 13.8 Å². The van der Waals surface area contributed by atoms with Gasteiger partial charge in [0.1, 0.15) is 17.1 Å². The van der Waals surface area contributed by atoms with Crippen LogP contribution in [-0.4, -0.2) is 28.9 Å². The lowest BCUT2D eigenvalue weighted by molar-refractivity contribution is -0.122. The molecule has 8 nitrogen and oxygen atoms in total. The number of hydrogen-bond acceptors (Lipinski definition) is 5. The summed E-state index contributed by atoms with van der Waals surface area (Å²) in [6.45, 7) is 3.76. The van der Waals surface area contributed by atoms with Gasteiger partial charge in [0, 0.05) is 5.56 Å². The first-order valence-electron chi connectivity index (χ1n) is 9.67. The Hall–Kier alpha value is -4.46. The fourth-order valence-electron chi connectivity index (χ4n) is 3.36. The number of aromatic carboxylic acids is 1. The Kier molecular flexibility index (Phi) is 5.19. The van der Waals surface area contributed by atoms with Crippen molar-refractivity contribution in [1.82, 2.24) is 5.32 Å². The van der Waals surface area contributed by atoms with Crippen molar-refractivity contribution >= 4 is 35.6 Å². The number of imide groups is 2. The van der Waals surface area contributed by atoms with Crippen LogP contribution in [0.1, 0.15) is 27.2 Å². The minimum Gasteiger partial charge on any atom is -0.478 e. The van der Waals surface area contributed by atoms with Crippen LogP contribution < -0.4 is 10.2 Å². The molecule has 2 aromatic carbocycles. The Balaban J connectivity index is 1.70. The summed E-state index contributed by atoms with van der Waals surface area (Å²) in [5.74, 6) is -2.31. The Labute approximate surface area is 182 Å². The minimum absolute atomic E-state index is 0.0547. The van der Waals surface area contributed by atoms with Crippen LogP contribution in [0.15, 0.2) is 64.6 Å². The number of amides is 4. The topological polar surface area (TPSA) is 117 Å². The van der Waals surface area contributed by atoms with E-state index in [1.165, 1.54) is 18.2 Å². The van der Waals surface area contributed by atoms with Gasteiger partial charge in [-0.25, -0.2) is 14.5 Å². The first kappa shape index (κ1) is 20.8. The zero-order chi connectivity index (χ0) is 23.0. The van der Waals surface area contributed by atoms with Crippen molar-refractivity contribution < 1.29 is 28.7 Å². The standard InChI is InChI=1S/C24H18N2O6/c1-13-7-8-15(11-14(13)2)26-22(28)19(21(27)25-24(26)31)12-16-9-10-20(32-16)17-5-3-4-6-18(17)23(29)30/h3-12H,1-2H3,(H,29,30)(H,25,27,31)/b19-12+. The third kappa shape index (κ3) is 3.69. The molecule has 1 fully saturated rings. The summed E-state index contributed by atoms with van der Waals surface area (Å²) in [4.78, 5) is 50.1. The first-order chi connectivity index (χ1) is 15.3. The van der Waals surface area contributed by atoms with E-state index in [-0.39, 0.29) is 22.7 Å². The van der Waals surface area contributed by atoms with Crippen LogP contribution in [0, 0.1) is 13.8 Å². The fraction of sp³-hybridized carbons (Fsp3) is 0.0833. The molecule has 0 spiro atoms. The summed E-state index contributed by atoms with van der Waals surface area (Å²) in [7, 11) is 0. The van der Waals surface area contributed by atoms with Crippen molar-refractivity contribution in [2.24, 2.45) is 0 Å². The number of carbonyl (C=O) groups excluding carboxylic acids is 3. The quantitative estimate of drug-likeness (QED) is 0.479. The van der Waals surface area contributed by atoms with Gasteiger partial charge >= 0.3 is 12.0 Å². The van der Waals surface area contributed by atoms with E-state index in [0.29, 0.717) is 11.3 Å². The van der Waals surface area contributed by atoms with Crippen molar-refractivity contribution in [3.8, 4) is 11.3 Å². The summed E-state index contributed by atoms with van der Waals surface area (Å²) >= 11 is 0. The van der Waals surface area contributed by atoms with E-state index in [2.05, 4.69) is 5.32 Å². The van der Waals surface area contributed by atoms with Crippen LogP contribution >= 0.6 is 0 Å². The normalized spacial score (nSPS) is 15.2. The van der Waals surface area contributed by atoms with E-state index in [1.54, 1.807) is 42.5 Å². The zero-order valence-electron chi connectivity index (χ0n) is 17.2. The molecule has 0 aliphatic carbocycles. The molecule has 32 heavy (non-hydrogen) atoms. The molecule has 4 rings (SSSR count). The molecule has 3 aromatic rings. The van der Waals surface area contributed by atoms with E-state index < -0.39 is 23.8 Å². The Morgan fingerprint density at radius 1 is 1.00 bits per heavy atom. The van der Waals surface area contributed by atoms with E-state index in [9.17, 15) is 24.3 Å². The largest absolute Gasteiger partial charge is 0.478 e. The van der Waals surface area contributed by atoms with Crippen molar-refractivity contribution in [3.63, 3.8) is 0 Å². The summed E-state index contributed by atoms with van der Waals surface area (Å²) in [6.07, 6.45) is 1.23. The number of carbonyl (C=O) groups is 4. The zero-order valence-corrected chi connectivity index (χ0v) is 17.2. The number of urea groups is 1. The van der Waals surface area contributed by atoms with Gasteiger partial charge in [0.2, 0.25) is 0 Å². The third-order valence-electron chi connectivity index (χ3n) is 5.19. The highest BCUT2D eigenvalue weighted by Gasteiger charge is 2.37. The smallest absolute Gasteiger partial charge is 0.336 e. The molecule has 0 unspecified atom stereocenters. The average molecular weight is 430 g/mol. The predicted octanol–water partition coefficient (Wildman–Crippen LogP) is 3.93. The third-order valence-corrected chi connectivity index (χ3v) is 5.19. The Morgan fingerprint density at radius 2 is 1.75 bits per heavy atom. The number of barbiturate groups is 1. The highest BCUT2D eigenvalue weighted by molar-refractivity contribution is 6.39. The maximum Gasteiger partial charge on any atom is 0.336 e. The summed E-state index contributed by atoms with van der Waals surface area (Å²) < 4.78 is 5.69. The molecule has 0 atom stereocenters. The lowest BCUT2D eigenvalue weighted by Crippen LogP contribution is -2.54. The number of benzene rings is 2. The summed E-state index contributed by atoms with van der Waals surface area (Å²) in [5.41, 5.74) is 2.35. The van der Waals surface area contributed by atoms with Gasteiger partial charge in [-0.3, -0.25) is 14.9 Å². The van der Waals surface area contributed by atoms with Crippen LogP contribution in [0.3, 0.4) is 0 Å². The van der Waals surface area contributed by atoms with E-state index >= 15 is 0 Å². The van der Waals surface area contributed by atoms with Gasteiger partial charge in [0.25, 0.3) is 11.8 Å². The first-order valence-corrected chi connectivity index (χ1v) is 9.67. The van der Waals surface area contributed by atoms with Gasteiger partial charge in [-0.05, 0) is 61.4 Å². The molecule has 1 saturated heterocycles. The van der Waals surface area contributed by atoms with Crippen molar-refractivity contribution in [2.45, 2.75) is 13.8 Å². The van der Waals surface area contributed by atoms with Gasteiger partial charge in [-0.15, -0.1) is 0 Å². The molecule has 2 heterocycles. The molecule has 160 valence electrons. The van der Waals surface area contributed by atoms with Crippen molar-refractivity contribution in [2.75, 3.05) is 4.90 Å². The van der Waals surface area contributed by atoms with Crippen LogP contribution in [-0.2, 0) is 9.59 Å². The van der Waals surface area contributed by atoms with Crippen LogP contribution in [0.4, 0.5) is 10.5 Å². The molecule has 0 bridgehead atoms. The van der Waals surface area contributed by atoms with E-state index in [4.69, 9.17) is 4.42 Å². The molecular formula is C24H18N2O6. The molecule has 1 aliphatic rings. The number of aryl methyl sites for hydroxylation is 2. The van der Waals surface area contributed by atoms with Gasteiger partial charge in [0.05, 0.1) is 11.3 Å². The SMILES string of the molecule is Cc1ccc(N2C(=O)NC(=O)/C(=C\c3ccc(-c4ccccc4C(=O)O)o3)C2=O)cc1C. The van der Waals surface area contributed by atoms with Gasteiger partial charge < -0.3 is 9.52 Å². The van der Waals surface area contributed by atoms with Gasteiger partial charge in [-0.2, -0.15) is 0 Å². The Morgan fingerprint density at radius 3 is 2.47 bits per heavy atom. The van der Waals surface area contributed by atoms with Gasteiger partial charge in [-0.1, -0.05) is 24.3 Å². The maximum atomic E-state index is 13.0. The number of nitrogens with zero attached hydrogens (tertiary/aromatic N) is 1. The molecule has 1 aromatic heterocycles. The minimum atomic E-state index is -1.11. The van der Waals surface area contributed by atoms with Crippen molar-refractivity contribution in [1.29, 1.82) is 0 Å². The van der Waals surface area contributed by atoms with Crippen LogP contribution in [0.2, 0.25) is 0 Å². The predicted molar refractivity (Wildman–Crippen MR) is 116 cm³/mol. The molecular weight excluding hydrogens is 412 g/mol. The second-order valence-electron chi connectivity index (χ2n) is 7.28. The monoisotopic (exact) mass is 430 g/mol. The lowest BCUT2D eigenvalue weighted by Gasteiger charge is -2.26. The number of furan rings is 1. The highest BCUT2D eigenvalue weighted by Crippen LogP contribution is 2.28. The molecule has 0 saturated carbocycles. The summed E-state index contributed by atoms with van der Waals surface area (Å²) in [6, 6.07) is 13.6. The fourth-order valence-corrected chi connectivity index (χ4v) is 3.36.